The summed E-state index contributed by atoms with van der Waals surface area (Å²) in [6.45, 7) is 6.43. The molecule has 3 aromatic carbocycles. The Bertz CT molecular complexity index is 1520. The quantitative estimate of drug-likeness (QED) is 0.214. The average Bonchev–Trinajstić information content (AvgIpc) is 3.51. The van der Waals surface area contributed by atoms with Gasteiger partial charge in [-0.25, -0.2) is 0 Å². The number of carboxylic acids is 1. The first-order valence-electron chi connectivity index (χ1n) is 11.4. The first-order valence-corrected chi connectivity index (χ1v) is 12.1. The van der Waals surface area contributed by atoms with Gasteiger partial charge >= 0.3 is 29.6 Å². The first-order chi connectivity index (χ1) is 17.2. The van der Waals surface area contributed by atoms with Crippen molar-refractivity contribution in [2.75, 3.05) is 6.79 Å². The molecule has 0 spiro atoms. The van der Waals surface area contributed by atoms with Crippen LogP contribution < -0.4 is 44.1 Å². The van der Waals surface area contributed by atoms with E-state index in [1.165, 1.54) is 0 Å². The summed E-state index contributed by atoms with van der Waals surface area (Å²) in [6, 6.07) is 17.6. The Morgan fingerprint density at radius 3 is 2.27 bits per heavy atom. The van der Waals surface area contributed by atoms with Crippen molar-refractivity contribution in [2.24, 2.45) is 0 Å². The molecule has 182 valence electrons. The number of aromatic nitrogens is 2. The van der Waals surface area contributed by atoms with Gasteiger partial charge in [0.1, 0.15) is 11.0 Å². The topological polar surface area (TPSA) is 101 Å². The van der Waals surface area contributed by atoms with Crippen molar-refractivity contribution < 1.29 is 53.7 Å². The number of nitrogens with zero attached hydrogens (tertiary/aromatic N) is 2. The molecule has 0 atom stereocenters. The minimum absolute atomic E-state index is 0. The Morgan fingerprint density at radius 2 is 1.57 bits per heavy atom. The zero-order valence-corrected chi connectivity index (χ0v) is 23.8. The van der Waals surface area contributed by atoms with E-state index < -0.39 is 11.8 Å². The molecule has 5 rings (SSSR count). The van der Waals surface area contributed by atoms with Gasteiger partial charge in [-0.1, -0.05) is 51.1 Å². The maximum Gasteiger partial charge on any atom is 1.00 e. The number of ketones is 1. The van der Waals surface area contributed by atoms with Crippen LogP contribution in [-0.2, 0) is 16.6 Å². The van der Waals surface area contributed by atoms with Gasteiger partial charge in [-0.2, -0.15) is 8.75 Å². The number of carboxylic acid groups (broad SMARTS) is 1. The van der Waals surface area contributed by atoms with Crippen molar-refractivity contribution in [3.63, 3.8) is 0 Å². The minimum atomic E-state index is -1.44. The number of carbonyl (C=O) groups excluding carboxylic acids is 2. The third kappa shape index (κ3) is 5.62. The van der Waals surface area contributed by atoms with Crippen molar-refractivity contribution in [1.82, 2.24) is 8.75 Å². The second kappa shape index (κ2) is 10.8. The Kier molecular flexibility index (Phi) is 7.85. The number of Topliss-reactive ketones (excluding diaryl/α,β-unsaturated/α-hetero) is 1. The van der Waals surface area contributed by atoms with Crippen molar-refractivity contribution in [3.8, 4) is 11.5 Å². The summed E-state index contributed by atoms with van der Waals surface area (Å²) in [4.78, 5) is 26.4. The van der Waals surface area contributed by atoms with Gasteiger partial charge in [0.05, 0.1) is 17.7 Å². The van der Waals surface area contributed by atoms with Crippen molar-refractivity contribution in [3.05, 3.63) is 88.5 Å². The molecule has 1 aromatic heterocycles. The number of rotatable bonds is 6. The number of carbonyl (C=O) groups is 2. The molecule has 0 N–H and O–H groups in total. The van der Waals surface area contributed by atoms with Crippen LogP contribution in [0.3, 0.4) is 0 Å². The zero-order valence-electron chi connectivity index (χ0n) is 21.0. The predicted molar refractivity (Wildman–Crippen MR) is 135 cm³/mol. The third-order valence-corrected chi connectivity index (χ3v) is 6.71. The van der Waals surface area contributed by atoms with E-state index in [0.717, 1.165) is 22.9 Å². The molecule has 4 aromatic rings. The summed E-state index contributed by atoms with van der Waals surface area (Å²) in [5.74, 6) is -0.881. The van der Waals surface area contributed by atoms with Gasteiger partial charge < -0.3 is 19.4 Å². The maximum atomic E-state index is 13.8. The van der Waals surface area contributed by atoms with E-state index in [0.29, 0.717) is 33.7 Å². The maximum absolute atomic E-state index is 13.8. The molecule has 0 saturated heterocycles. The molecule has 7 nitrogen and oxygen atoms in total. The zero-order chi connectivity index (χ0) is 25.4. The van der Waals surface area contributed by atoms with Crippen LogP contribution in [-0.4, -0.2) is 27.3 Å². The fourth-order valence-corrected chi connectivity index (χ4v) is 4.69. The van der Waals surface area contributed by atoms with Crippen molar-refractivity contribution in [2.45, 2.75) is 32.6 Å². The number of benzene rings is 3. The Balaban J connectivity index is 0.00000320. The van der Waals surface area contributed by atoms with E-state index in [9.17, 15) is 14.7 Å². The van der Waals surface area contributed by atoms with Crippen LogP contribution in [0.15, 0.2) is 66.2 Å². The number of hydrogen-bond acceptors (Lipinski definition) is 8. The number of allylic oxidation sites excluding steroid dienone is 1. The fourth-order valence-electron chi connectivity index (χ4n) is 4.17. The SMILES string of the molecule is CC(C)(C)c1ccc(C/C(C(=O)c2ccc3c(c2)OCO3)=C(\C(=O)[O-])c2ccc3nsnc3c2)cc1.[Na+]. The van der Waals surface area contributed by atoms with E-state index in [4.69, 9.17) is 9.47 Å². The summed E-state index contributed by atoms with van der Waals surface area (Å²) in [6.07, 6.45) is 0.106. The molecule has 0 unspecified atom stereocenters. The molecule has 2 heterocycles. The second-order valence-corrected chi connectivity index (χ2v) is 10.2. The van der Waals surface area contributed by atoms with Crippen molar-refractivity contribution in [1.29, 1.82) is 0 Å². The van der Waals surface area contributed by atoms with E-state index >= 15 is 0 Å². The van der Waals surface area contributed by atoms with Gasteiger partial charge in [0.2, 0.25) is 6.79 Å². The van der Waals surface area contributed by atoms with Gasteiger partial charge in [0.15, 0.2) is 17.3 Å². The van der Waals surface area contributed by atoms with Gasteiger partial charge in [0.25, 0.3) is 0 Å². The predicted octanol–water partition coefficient (Wildman–Crippen LogP) is 1.35. The Morgan fingerprint density at radius 1 is 0.892 bits per heavy atom. The van der Waals surface area contributed by atoms with Crippen LogP contribution >= 0.6 is 11.7 Å². The first kappa shape index (κ1) is 27.0. The minimum Gasteiger partial charge on any atom is -0.545 e. The van der Waals surface area contributed by atoms with E-state index in [-0.39, 0.29) is 59.3 Å². The van der Waals surface area contributed by atoms with E-state index in [1.807, 2.05) is 24.3 Å². The van der Waals surface area contributed by atoms with E-state index in [1.54, 1.807) is 36.4 Å². The van der Waals surface area contributed by atoms with Crippen LogP contribution in [0, 0.1) is 0 Å². The number of aliphatic carboxylic acids is 1. The molecule has 0 amide bonds. The molecule has 0 radical (unpaired) electrons. The largest absolute Gasteiger partial charge is 1.00 e. The normalized spacial score (nSPS) is 13.2. The molecule has 37 heavy (non-hydrogen) atoms. The molecule has 1 aliphatic rings. The van der Waals surface area contributed by atoms with Gasteiger partial charge in [-0.15, -0.1) is 0 Å². The van der Waals surface area contributed by atoms with Gasteiger partial charge in [-0.05, 0) is 52.4 Å². The van der Waals surface area contributed by atoms with Crippen LogP contribution in [0.1, 0.15) is 47.8 Å². The summed E-state index contributed by atoms with van der Waals surface area (Å²) >= 11 is 1.04. The van der Waals surface area contributed by atoms with Crippen LogP contribution in [0.5, 0.6) is 11.5 Å². The molecular weight excluding hydrogens is 499 g/mol. The molecule has 1 aliphatic heterocycles. The monoisotopic (exact) mass is 522 g/mol. The van der Waals surface area contributed by atoms with Crippen LogP contribution in [0.4, 0.5) is 0 Å². The average molecular weight is 523 g/mol. The van der Waals surface area contributed by atoms with Gasteiger partial charge in [-0.3, -0.25) is 4.79 Å². The summed E-state index contributed by atoms with van der Waals surface area (Å²) in [5, 5.41) is 12.5. The summed E-state index contributed by atoms with van der Waals surface area (Å²) < 4.78 is 19.2. The third-order valence-electron chi connectivity index (χ3n) is 6.16. The standard InChI is InChI=1S/C28H24N2O5S.Na/c1-28(2,3)19-8-4-16(5-9-19)12-20(26(31)18-7-11-23-24(14-18)35-15-34-23)25(27(32)33)17-6-10-21-22(13-17)30-36-29-21;/h4-11,13-14H,12,15H2,1-3H3,(H,32,33);/q;+1/p-1/b25-20+;. The van der Waals surface area contributed by atoms with Gasteiger partial charge in [0, 0.05) is 23.1 Å². The number of hydrogen-bond donors (Lipinski definition) is 0. The Labute approximate surface area is 240 Å². The van der Waals surface area contributed by atoms with E-state index in [2.05, 4.69) is 29.5 Å². The van der Waals surface area contributed by atoms with Crippen molar-refractivity contribution >= 4 is 40.1 Å². The molecule has 0 fully saturated rings. The molecular formula is C28H23N2NaO5S. The number of fused-ring (bicyclic) bond motifs is 2. The van der Waals surface area contributed by atoms with Crippen LogP contribution in [0.2, 0.25) is 0 Å². The summed E-state index contributed by atoms with van der Waals surface area (Å²) in [7, 11) is 0. The molecule has 9 heteroatoms. The number of ether oxygens (including phenoxy) is 2. The second-order valence-electron chi connectivity index (χ2n) is 9.63. The smallest absolute Gasteiger partial charge is 0.545 e. The summed E-state index contributed by atoms with van der Waals surface area (Å²) in [5.41, 5.74) is 3.70. The molecule has 0 saturated carbocycles. The molecule has 0 bridgehead atoms. The Hall–Kier alpha value is -3.04. The van der Waals surface area contributed by atoms with Crippen LogP contribution in [0.25, 0.3) is 16.6 Å². The molecule has 0 aliphatic carbocycles. The fraction of sp³-hybridized carbons (Fsp3) is 0.214.